The summed E-state index contributed by atoms with van der Waals surface area (Å²) in [5.41, 5.74) is 1.90. The molecule has 0 unspecified atom stereocenters. The molecule has 0 spiro atoms. The van der Waals surface area contributed by atoms with Gasteiger partial charge in [-0.2, -0.15) is 0 Å². The predicted octanol–water partition coefficient (Wildman–Crippen LogP) is 3.55. The van der Waals surface area contributed by atoms with Gasteiger partial charge in [-0.3, -0.25) is 4.79 Å². The van der Waals surface area contributed by atoms with Crippen molar-refractivity contribution in [1.82, 2.24) is 4.98 Å². The van der Waals surface area contributed by atoms with Gasteiger partial charge in [0.2, 0.25) is 5.91 Å². The molecule has 0 bridgehead atoms. The number of thioether (sulfide) groups is 1. The molecule has 0 aliphatic heterocycles. The van der Waals surface area contributed by atoms with Crippen LogP contribution in [0.4, 0.5) is 5.69 Å². The van der Waals surface area contributed by atoms with Gasteiger partial charge >= 0.3 is 0 Å². The van der Waals surface area contributed by atoms with Crippen LogP contribution in [0.15, 0.2) is 53.7 Å². The van der Waals surface area contributed by atoms with E-state index in [0.717, 1.165) is 22.0 Å². The number of halogens is 1. The van der Waals surface area contributed by atoms with E-state index in [-0.39, 0.29) is 11.8 Å². The molecule has 0 fully saturated rings. The zero-order chi connectivity index (χ0) is 13.5. The van der Waals surface area contributed by atoms with E-state index in [1.807, 2.05) is 42.5 Å². The number of hydrogen-bond donors (Lipinski definition) is 1. The average Bonchev–Trinajstić information content (AvgIpc) is 2.46. The van der Waals surface area contributed by atoms with Gasteiger partial charge < -0.3 is 5.32 Å². The van der Waals surface area contributed by atoms with Crippen molar-refractivity contribution in [3.8, 4) is 0 Å². The van der Waals surface area contributed by atoms with Gasteiger partial charge in [-0.1, -0.05) is 18.2 Å². The van der Waals surface area contributed by atoms with Gasteiger partial charge in [-0.15, -0.1) is 23.4 Å². The first-order valence-electron chi connectivity index (χ1n) is 5.76. The lowest BCUT2D eigenvalue weighted by atomic mass is 10.2. The summed E-state index contributed by atoms with van der Waals surface area (Å²) < 4.78 is 0. The number of amides is 1. The van der Waals surface area contributed by atoms with E-state index in [1.54, 1.807) is 18.0 Å². The van der Waals surface area contributed by atoms with Gasteiger partial charge in [0.05, 0.1) is 5.03 Å². The molecule has 0 atom stereocenters. The Morgan fingerprint density at radius 1 is 1.26 bits per heavy atom. The van der Waals surface area contributed by atoms with E-state index in [9.17, 15) is 4.79 Å². The second-order valence-corrected chi connectivity index (χ2v) is 5.10. The molecule has 0 saturated heterocycles. The van der Waals surface area contributed by atoms with Gasteiger partial charge in [0.15, 0.2) is 0 Å². The zero-order valence-corrected chi connectivity index (χ0v) is 11.7. The number of rotatable bonds is 5. The predicted molar refractivity (Wildman–Crippen MR) is 79.6 cm³/mol. The van der Waals surface area contributed by atoms with Crippen LogP contribution in [0.2, 0.25) is 0 Å². The number of nitrogens with one attached hydrogen (secondary N) is 1. The van der Waals surface area contributed by atoms with Crippen LogP contribution in [0.25, 0.3) is 0 Å². The molecule has 0 aliphatic carbocycles. The Kier molecular flexibility index (Phi) is 5.24. The van der Waals surface area contributed by atoms with E-state index < -0.39 is 0 Å². The Morgan fingerprint density at radius 3 is 2.89 bits per heavy atom. The number of pyridine rings is 1. The molecule has 2 aromatic rings. The summed E-state index contributed by atoms with van der Waals surface area (Å²) in [5.74, 6) is 0.574. The monoisotopic (exact) mass is 292 g/mol. The number of anilines is 1. The number of hydrogen-bond acceptors (Lipinski definition) is 3. The number of benzene rings is 1. The van der Waals surface area contributed by atoms with Gasteiger partial charge in [0, 0.05) is 17.6 Å². The molecule has 2 rings (SSSR count). The Balaban J connectivity index is 1.97. The van der Waals surface area contributed by atoms with Crippen LogP contribution in [0, 0.1) is 0 Å². The first-order valence-corrected chi connectivity index (χ1v) is 7.28. The molecule has 0 radical (unpaired) electrons. The topological polar surface area (TPSA) is 42.0 Å². The molecular formula is C14H13ClN2OS. The van der Waals surface area contributed by atoms with E-state index >= 15 is 0 Å². The molecule has 1 N–H and O–H groups in total. The maximum Gasteiger partial charge on any atom is 0.239 e. The second kappa shape index (κ2) is 7.16. The number of nitrogens with zero attached hydrogens (tertiary/aromatic N) is 1. The van der Waals surface area contributed by atoms with Crippen LogP contribution in [0.5, 0.6) is 0 Å². The lowest BCUT2D eigenvalue weighted by molar-refractivity contribution is -0.113. The van der Waals surface area contributed by atoms with Crippen molar-refractivity contribution in [2.24, 2.45) is 0 Å². The molecule has 1 aromatic carbocycles. The van der Waals surface area contributed by atoms with Crippen LogP contribution in [0.3, 0.4) is 0 Å². The van der Waals surface area contributed by atoms with Crippen molar-refractivity contribution in [1.29, 1.82) is 0 Å². The van der Waals surface area contributed by atoms with Crippen LogP contribution in [0.1, 0.15) is 5.56 Å². The van der Waals surface area contributed by atoms with E-state index in [1.165, 1.54) is 0 Å². The fourth-order valence-corrected chi connectivity index (χ4v) is 2.39. The molecule has 3 nitrogen and oxygen atoms in total. The zero-order valence-electron chi connectivity index (χ0n) is 10.2. The minimum absolute atomic E-state index is 0.0348. The minimum Gasteiger partial charge on any atom is -0.325 e. The maximum atomic E-state index is 11.2. The summed E-state index contributed by atoms with van der Waals surface area (Å²) in [5, 5.41) is 3.72. The number of aromatic nitrogens is 1. The van der Waals surface area contributed by atoms with Crippen LogP contribution in [-0.4, -0.2) is 16.8 Å². The Bertz CT molecular complexity index is 548. The van der Waals surface area contributed by atoms with Crippen molar-refractivity contribution in [3.05, 3.63) is 54.2 Å². The third-order valence-electron chi connectivity index (χ3n) is 2.36. The van der Waals surface area contributed by atoms with Gasteiger partial charge in [0.25, 0.3) is 0 Å². The van der Waals surface area contributed by atoms with Gasteiger partial charge in [-0.25, -0.2) is 4.98 Å². The highest BCUT2D eigenvalue weighted by Gasteiger charge is 2.02. The van der Waals surface area contributed by atoms with E-state index in [0.29, 0.717) is 0 Å². The van der Waals surface area contributed by atoms with Crippen LogP contribution in [-0.2, 0) is 10.5 Å². The lowest BCUT2D eigenvalue weighted by Gasteiger charge is -2.06. The molecular weight excluding hydrogens is 280 g/mol. The van der Waals surface area contributed by atoms with Crippen molar-refractivity contribution >= 4 is 35.0 Å². The fraction of sp³-hybridized carbons (Fsp3) is 0.143. The molecule has 1 amide bonds. The van der Waals surface area contributed by atoms with Crippen molar-refractivity contribution in [2.45, 2.75) is 10.8 Å². The molecule has 0 saturated carbocycles. The highest BCUT2D eigenvalue weighted by Crippen LogP contribution is 2.22. The molecule has 98 valence electrons. The molecule has 5 heteroatoms. The number of carbonyl (C=O) groups excluding carboxylic acids is 1. The van der Waals surface area contributed by atoms with Gasteiger partial charge in [-0.05, 0) is 29.8 Å². The summed E-state index contributed by atoms with van der Waals surface area (Å²) in [6.07, 6.45) is 1.78. The lowest BCUT2D eigenvalue weighted by Crippen LogP contribution is -2.12. The number of alkyl halides is 1. The smallest absolute Gasteiger partial charge is 0.239 e. The van der Waals surface area contributed by atoms with Crippen molar-refractivity contribution < 1.29 is 4.79 Å². The first kappa shape index (κ1) is 13.9. The van der Waals surface area contributed by atoms with Gasteiger partial charge in [0.1, 0.15) is 5.88 Å². The van der Waals surface area contributed by atoms with E-state index in [4.69, 9.17) is 11.6 Å². The Labute approximate surface area is 121 Å². The third kappa shape index (κ3) is 4.58. The quantitative estimate of drug-likeness (QED) is 0.677. The molecule has 0 aliphatic rings. The molecule has 1 heterocycles. The standard InChI is InChI=1S/C14H13ClN2OS/c15-9-13(18)17-12-5-3-4-11(8-12)10-19-14-6-1-2-7-16-14/h1-8H,9-10H2,(H,17,18). The van der Waals surface area contributed by atoms with E-state index in [2.05, 4.69) is 10.3 Å². The highest BCUT2D eigenvalue weighted by molar-refractivity contribution is 7.98. The van der Waals surface area contributed by atoms with Crippen LogP contribution >= 0.6 is 23.4 Å². The Morgan fingerprint density at radius 2 is 2.16 bits per heavy atom. The molecule has 1 aromatic heterocycles. The summed E-state index contributed by atoms with van der Waals surface area (Å²) in [6.45, 7) is 0. The third-order valence-corrected chi connectivity index (χ3v) is 3.61. The van der Waals surface area contributed by atoms with Crippen LogP contribution < -0.4 is 5.32 Å². The summed E-state index contributed by atoms with van der Waals surface area (Å²) in [6, 6.07) is 13.6. The average molecular weight is 293 g/mol. The number of carbonyl (C=O) groups is 1. The fourth-order valence-electron chi connectivity index (χ4n) is 1.52. The normalized spacial score (nSPS) is 10.2. The molecule has 19 heavy (non-hydrogen) atoms. The van der Waals surface area contributed by atoms with Crippen molar-refractivity contribution in [2.75, 3.05) is 11.2 Å². The first-order chi connectivity index (χ1) is 9.28. The largest absolute Gasteiger partial charge is 0.325 e. The summed E-state index contributed by atoms with van der Waals surface area (Å²) >= 11 is 7.12. The maximum absolute atomic E-state index is 11.2. The summed E-state index contributed by atoms with van der Waals surface area (Å²) in [7, 11) is 0. The van der Waals surface area contributed by atoms with Crippen molar-refractivity contribution in [3.63, 3.8) is 0 Å². The Hall–Kier alpha value is -1.52. The summed E-state index contributed by atoms with van der Waals surface area (Å²) in [4.78, 5) is 15.5. The minimum atomic E-state index is -0.198. The second-order valence-electron chi connectivity index (χ2n) is 3.84. The SMILES string of the molecule is O=C(CCl)Nc1cccc(CSc2ccccn2)c1. The highest BCUT2D eigenvalue weighted by atomic mass is 35.5.